The molecule has 0 aliphatic heterocycles. The van der Waals surface area contributed by atoms with E-state index in [9.17, 15) is 17.8 Å². The fourth-order valence-electron chi connectivity index (χ4n) is 1.25. The standard InChI is InChI=1S/C6H14N2O2.C6H6O3S/c7-4-2-1-3-5(8)6(9)10;7-10(8,9)6-4-2-1-3-5-6/h5H,1-4,7-8H2,(H,9,10);1-5H,(H,7,8,9)/t5-;/m0./s1. The molecule has 1 aromatic carbocycles. The van der Waals surface area contributed by atoms with E-state index >= 15 is 0 Å². The minimum absolute atomic E-state index is 0.185. The van der Waals surface area contributed by atoms with Crippen molar-refractivity contribution in [2.45, 2.75) is 30.2 Å². The van der Waals surface area contributed by atoms with Gasteiger partial charge in [-0.3, -0.25) is 0 Å². The lowest BCUT2D eigenvalue weighted by Crippen LogP contribution is -2.64. The molecule has 0 spiro atoms. The number of rotatable bonds is 6. The lowest BCUT2D eigenvalue weighted by Gasteiger charge is -2.04. The second kappa shape index (κ2) is 9.43. The van der Waals surface area contributed by atoms with Crippen molar-refractivity contribution in [3.05, 3.63) is 30.3 Å². The second-order valence-corrected chi connectivity index (χ2v) is 5.47. The monoisotopic (exact) mass is 304 g/mol. The van der Waals surface area contributed by atoms with Crippen molar-refractivity contribution < 1.29 is 28.6 Å². The van der Waals surface area contributed by atoms with Crippen molar-refractivity contribution in [3.8, 4) is 0 Å². The zero-order chi connectivity index (χ0) is 15.6. The van der Waals surface area contributed by atoms with Gasteiger partial charge >= 0.3 is 5.97 Å². The minimum atomic E-state index is -4.25. The number of carboxylic acids is 1. The molecule has 0 amide bonds. The number of hydrogen-bond acceptors (Lipinski definition) is 5. The lowest BCUT2D eigenvalue weighted by molar-refractivity contribution is -0.409. The molecular weight excluding hydrogens is 284 g/mol. The second-order valence-electron chi connectivity index (χ2n) is 4.09. The molecule has 0 bridgehead atoms. The zero-order valence-corrected chi connectivity index (χ0v) is 11.9. The summed E-state index contributed by atoms with van der Waals surface area (Å²) in [7, 11) is -4.25. The highest BCUT2D eigenvalue weighted by molar-refractivity contribution is 7.85. The number of aliphatic carboxylic acids is 1. The Balaban J connectivity index is 0.000000361. The fourth-order valence-corrected chi connectivity index (χ4v) is 1.74. The van der Waals surface area contributed by atoms with Crippen LogP contribution in [0.15, 0.2) is 35.2 Å². The van der Waals surface area contributed by atoms with Gasteiger partial charge in [0.1, 0.15) is 10.1 Å². The maximum atomic E-state index is 10.3. The van der Waals surface area contributed by atoms with Gasteiger partial charge in [-0.25, -0.2) is 13.2 Å². The molecule has 1 atom stereocenters. The molecule has 0 unspecified atom stereocenters. The van der Waals surface area contributed by atoms with Crippen molar-refractivity contribution in [3.63, 3.8) is 0 Å². The van der Waals surface area contributed by atoms with Crippen molar-refractivity contribution in [2.75, 3.05) is 6.54 Å². The van der Waals surface area contributed by atoms with Crippen LogP contribution in [0, 0.1) is 0 Å². The van der Waals surface area contributed by atoms with Gasteiger partial charge in [0.2, 0.25) is 0 Å². The summed E-state index contributed by atoms with van der Waals surface area (Å²) < 4.78 is 30.8. The number of hydrogen-bond donors (Lipinski definition) is 3. The third kappa shape index (κ3) is 8.59. The highest BCUT2D eigenvalue weighted by Gasteiger charge is 2.13. The summed E-state index contributed by atoms with van der Waals surface area (Å²) in [4.78, 5) is 10.0. The third-order valence-corrected chi connectivity index (χ3v) is 3.24. The van der Waals surface area contributed by atoms with Crippen LogP contribution in [0.4, 0.5) is 0 Å². The molecule has 0 aromatic heterocycles. The van der Waals surface area contributed by atoms with Gasteiger partial charge in [0, 0.05) is 6.42 Å². The van der Waals surface area contributed by atoms with E-state index in [0.717, 1.165) is 12.8 Å². The van der Waals surface area contributed by atoms with Crippen LogP contribution in [0.5, 0.6) is 0 Å². The maximum Gasteiger partial charge on any atom is 0.362 e. The van der Waals surface area contributed by atoms with E-state index in [-0.39, 0.29) is 4.90 Å². The predicted molar refractivity (Wildman–Crippen MR) is 71.6 cm³/mol. The van der Waals surface area contributed by atoms with Gasteiger partial charge in [-0.05, 0) is 31.5 Å². The Bertz CT molecular complexity index is 490. The molecule has 1 aromatic rings. The van der Waals surface area contributed by atoms with E-state index in [1.807, 2.05) is 0 Å². The van der Waals surface area contributed by atoms with Gasteiger partial charge in [-0.15, -0.1) is 0 Å². The first-order valence-corrected chi connectivity index (χ1v) is 7.46. The van der Waals surface area contributed by atoms with Crippen molar-refractivity contribution in [1.82, 2.24) is 0 Å². The molecule has 0 saturated carbocycles. The topological polar surface area (TPSA) is 148 Å². The molecule has 114 valence electrons. The van der Waals surface area contributed by atoms with Crippen LogP contribution >= 0.6 is 0 Å². The first-order valence-electron chi connectivity index (χ1n) is 6.06. The number of benzene rings is 1. The first kappa shape index (κ1) is 18.5. The average Bonchev–Trinajstić information content (AvgIpc) is 2.39. The van der Waals surface area contributed by atoms with Crippen LogP contribution in [0.1, 0.15) is 19.3 Å². The van der Waals surface area contributed by atoms with Crippen molar-refractivity contribution >= 4 is 16.1 Å². The zero-order valence-electron chi connectivity index (χ0n) is 11.1. The summed E-state index contributed by atoms with van der Waals surface area (Å²) in [6.07, 6.45) is 2.38. The van der Waals surface area contributed by atoms with Crippen LogP contribution in [0.3, 0.4) is 0 Å². The van der Waals surface area contributed by atoms with E-state index in [4.69, 9.17) is 10.8 Å². The van der Waals surface area contributed by atoms with E-state index < -0.39 is 22.1 Å². The fraction of sp³-hybridized carbons (Fsp3) is 0.417. The molecule has 1 rings (SSSR count). The van der Waals surface area contributed by atoms with Crippen LogP contribution in [-0.4, -0.2) is 36.6 Å². The average molecular weight is 304 g/mol. The molecule has 7 nitrogen and oxygen atoms in total. The van der Waals surface area contributed by atoms with Crippen LogP contribution in [0.2, 0.25) is 0 Å². The third-order valence-electron chi connectivity index (χ3n) is 2.39. The number of quaternary nitrogens is 1. The van der Waals surface area contributed by atoms with Gasteiger partial charge < -0.3 is 21.1 Å². The normalized spacial score (nSPS) is 12.2. The predicted octanol–water partition coefficient (Wildman–Crippen LogP) is -0.599. The Labute approximate surface area is 118 Å². The van der Waals surface area contributed by atoms with E-state index in [1.54, 1.807) is 6.07 Å². The van der Waals surface area contributed by atoms with E-state index in [1.165, 1.54) is 24.3 Å². The van der Waals surface area contributed by atoms with Crippen LogP contribution in [-0.2, 0) is 14.9 Å². The van der Waals surface area contributed by atoms with Gasteiger partial charge in [-0.1, -0.05) is 18.2 Å². The molecule has 6 N–H and O–H groups in total. The molecule has 0 radical (unpaired) electrons. The summed E-state index contributed by atoms with van der Waals surface area (Å²) in [6.45, 7) is 0.631. The van der Waals surface area contributed by atoms with Crippen molar-refractivity contribution in [1.29, 1.82) is 0 Å². The highest BCUT2D eigenvalue weighted by Crippen LogP contribution is 2.04. The van der Waals surface area contributed by atoms with E-state index in [0.29, 0.717) is 13.0 Å². The molecular formula is C12H20N2O5S. The van der Waals surface area contributed by atoms with Gasteiger partial charge in [-0.2, -0.15) is 0 Å². The molecule has 0 aliphatic rings. The highest BCUT2D eigenvalue weighted by atomic mass is 32.2. The largest absolute Gasteiger partial charge is 0.744 e. The summed E-state index contributed by atoms with van der Waals surface area (Å²) in [5.74, 6) is -0.822. The molecule has 0 saturated heterocycles. The van der Waals surface area contributed by atoms with Gasteiger partial charge in [0.15, 0.2) is 6.04 Å². The Hall–Kier alpha value is -1.48. The quantitative estimate of drug-likeness (QED) is 0.472. The van der Waals surface area contributed by atoms with Gasteiger partial charge in [0.25, 0.3) is 0 Å². The molecule has 8 heteroatoms. The minimum Gasteiger partial charge on any atom is -0.744 e. The molecule has 0 fully saturated rings. The first-order chi connectivity index (χ1) is 9.29. The Morgan fingerprint density at radius 1 is 1.30 bits per heavy atom. The van der Waals surface area contributed by atoms with Crippen molar-refractivity contribution in [2.24, 2.45) is 5.73 Å². The molecule has 0 heterocycles. The maximum absolute atomic E-state index is 10.3. The summed E-state index contributed by atoms with van der Waals surface area (Å²) >= 11 is 0. The molecule has 0 aliphatic carbocycles. The number of carbonyl (C=O) groups is 1. The van der Waals surface area contributed by atoms with Gasteiger partial charge in [0.05, 0.1) is 4.90 Å². The lowest BCUT2D eigenvalue weighted by atomic mass is 10.1. The summed E-state index contributed by atoms with van der Waals surface area (Å²) in [5, 5.41) is 8.39. The number of nitrogens with two attached hydrogens (primary N) is 1. The number of unbranched alkanes of at least 4 members (excludes halogenated alkanes) is 1. The summed E-state index contributed by atoms with van der Waals surface area (Å²) in [6, 6.07) is 6.72. The summed E-state index contributed by atoms with van der Waals surface area (Å²) in [5.41, 5.74) is 8.69. The SMILES string of the molecule is NCCCC[C@H]([NH3+])C(=O)O.O=S(=O)([O-])c1ccccc1. The Morgan fingerprint density at radius 2 is 1.85 bits per heavy atom. The molecule has 20 heavy (non-hydrogen) atoms. The Morgan fingerprint density at radius 3 is 2.20 bits per heavy atom. The van der Waals surface area contributed by atoms with E-state index in [2.05, 4.69) is 5.73 Å². The number of carboxylic acid groups (broad SMARTS) is 1. The van der Waals surface area contributed by atoms with Crippen LogP contribution < -0.4 is 11.5 Å². The van der Waals surface area contributed by atoms with Crippen LogP contribution in [0.25, 0.3) is 0 Å². The smallest absolute Gasteiger partial charge is 0.362 e. The Kier molecular flexibility index (Phi) is 8.73.